The first-order valence-corrected chi connectivity index (χ1v) is 5.79. The molecule has 15 heavy (non-hydrogen) atoms. The molecule has 0 aromatic carbocycles. The highest BCUT2D eigenvalue weighted by Gasteiger charge is 2.31. The second-order valence-corrected chi connectivity index (χ2v) is 4.42. The van der Waals surface area contributed by atoms with Gasteiger partial charge in [-0.3, -0.25) is 4.79 Å². The summed E-state index contributed by atoms with van der Waals surface area (Å²) in [5, 5.41) is 8.87. The van der Waals surface area contributed by atoms with E-state index in [1.807, 2.05) is 4.90 Å². The topological polar surface area (TPSA) is 66.6 Å². The largest absolute Gasteiger partial charge is 0.395 e. The van der Waals surface area contributed by atoms with Gasteiger partial charge >= 0.3 is 0 Å². The van der Waals surface area contributed by atoms with Gasteiger partial charge in [-0.1, -0.05) is 6.92 Å². The highest BCUT2D eigenvalue weighted by atomic mass is 16.3. The van der Waals surface area contributed by atoms with Gasteiger partial charge in [0.2, 0.25) is 5.91 Å². The van der Waals surface area contributed by atoms with Crippen molar-refractivity contribution in [3.8, 4) is 0 Å². The van der Waals surface area contributed by atoms with Crippen molar-refractivity contribution in [2.75, 3.05) is 19.7 Å². The van der Waals surface area contributed by atoms with Crippen LogP contribution in [0.25, 0.3) is 0 Å². The maximum Gasteiger partial charge on any atom is 0.222 e. The van der Waals surface area contributed by atoms with Crippen LogP contribution < -0.4 is 5.73 Å². The summed E-state index contributed by atoms with van der Waals surface area (Å²) in [6, 6.07) is 0.401. The Morgan fingerprint density at radius 3 is 2.73 bits per heavy atom. The van der Waals surface area contributed by atoms with Crippen LogP contribution in [0.2, 0.25) is 0 Å². The summed E-state index contributed by atoms with van der Waals surface area (Å²) in [7, 11) is 0. The third kappa shape index (κ3) is 4.18. The van der Waals surface area contributed by atoms with Gasteiger partial charge in [0.25, 0.3) is 0 Å². The zero-order valence-corrected chi connectivity index (χ0v) is 9.48. The molecule has 4 heteroatoms. The van der Waals surface area contributed by atoms with Gasteiger partial charge in [0.1, 0.15) is 0 Å². The lowest BCUT2D eigenvalue weighted by Gasteiger charge is -2.22. The second kappa shape index (κ2) is 6.08. The van der Waals surface area contributed by atoms with E-state index in [4.69, 9.17) is 10.8 Å². The third-order valence-corrected chi connectivity index (χ3v) is 2.90. The molecule has 1 unspecified atom stereocenters. The maximum atomic E-state index is 11.8. The van der Waals surface area contributed by atoms with Crippen LogP contribution in [0.3, 0.4) is 0 Å². The van der Waals surface area contributed by atoms with Crippen LogP contribution in [0.1, 0.15) is 32.6 Å². The normalized spacial score (nSPS) is 17.5. The van der Waals surface area contributed by atoms with Crippen molar-refractivity contribution >= 4 is 5.91 Å². The quantitative estimate of drug-likeness (QED) is 0.642. The molecular weight excluding hydrogens is 192 g/mol. The number of rotatable bonds is 7. The number of carbonyl (C=O) groups is 1. The molecule has 0 bridgehead atoms. The fourth-order valence-electron chi connectivity index (χ4n) is 1.64. The summed E-state index contributed by atoms with van der Waals surface area (Å²) in [5.74, 6) is 0.580. The molecule has 0 aromatic rings. The Hall–Kier alpha value is -0.610. The monoisotopic (exact) mass is 214 g/mol. The van der Waals surface area contributed by atoms with E-state index in [9.17, 15) is 4.79 Å². The molecule has 88 valence electrons. The van der Waals surface area contributed by atoms with Crippen LogP contribution >= 0.6 is 0 Å². The van der Waals surface area contributed by atoms with E-state index in [-0.39, 0.29) is 12.5 Å². The number of hydrogen-bond donors (Lipinski definition) is 2. The lowest BCUT2D eigenvalue weighted by atomic mass is 10.1. The number of nitrogens with two attached hydrogens (primary N) is 1. The van der Waals surface area contributed by atoms with E-state index in [1.165, 1.54) is 0 Å². The highest BCUT2D eigenvalue weighted by Crippen LogP contribution is 2.27. The summed E-state index contributed by atoms with van der Waals surface area (Å²) in [6.45, 7) is 3.24. The van der Waals surface area contributed by atoms with Gasteiger partial charge in [0, 0.05) is 19.0 Å². The van der Waals surface area contributed by atoms with Crippen molar-refractivity contribution in [3.63, 3.8) is 0 Å². The van der Waals surface area contributed by atoms with E-state index in [1.54, 1.807) is 0 Å². The third-order valence-electron chi connectivity index (χ3n) is 2.90. The number of aliphatic hydroxyl groups is 1. The molecule has 0 radical (unpaired) electrons. The van der Waals surface area contributed by atoms with Gasteiger partial charge in [0.15, 0.2) is 0 Å². The molecule has 0 spiro atoms. The molecule has 1 atom stereocenters. The number of nitrogens with zero attached hydrogens (tertiary/aromatic N) is 1. The minimum absolute atomic E-state index is 0.0642. The van der Waals surface area contributed by atoms with Gasteiger partial charge in [-0.2, -0.15) is 0 Å². The zero-order valence-electron chi connectivity index (χ0n) is 9.48. The Labute approximate surface area is 91.4 Å². The summed E-state index contributed by atoms with van der Waals surface area (Å²) in [5.41, 5.74) is 5.50. The zero-order chi connectivity index (χ0) is 11.3. The standard InChI is InChI=1S/C11H22N2O2/c1-9(8-12)2-5-11(15)13(6-7-14)10-3-4-10/h9-10,14H,2-8,12H2,1H3. The molecule has 0 saturated heterocycles. The van der Waals surface area contributed by atoms with Crippen LogP contribution in [0.5, 0.6) is 0 Å². The van der Waals surface area contributed by atoms with Crippen molar-refractivity contribution in [3.05, 3.63) is 0 Å². The van der Waals surface area contributed by atoms with Crippen molar-refractivity contribution in [1.29, 1.82) is 0 Å². The van der Waals surface area contributed by atoms with E-state index in [0.29, 0.717) is 31.5 Å². The van der Waals surface area contributed by atoms with E-state index in [2.05, 4.69) is 6.92 Å². The number of aliphatic hydroxyl groups excluding tert-OH is 1. The smallest absolute Gasteiger partial charge is 0.222 e. The van der Waals surface area contributed by atoms with E-state index >= 15 is 0 Å². The summed E-state index contributed by atoms with van der Waals surface area (Å²) < 4.78 is 0. The molecule has 1 aliphatic rings. The van der Waals surface area contributed by atoms with Crippen LogP contribution in [0, 0.1) is 5.92 Å². The molecule has 4 nitrogen and oxygen atoms in total. The molecule has 1 fully saturated rings. The molecule has 1 saturated carbocycles. The molecule has 1 aliphatic carbocycles. The Kier molecular flexibility index (Phi) is 5.05. The highest BCUT2D eigenvalue weighted by molar-refractivity contribution is 5.76. The minimum Gasteiger partial charge on any atom is -0.395 e. The summed E-state index contributed by atoms with van der Waals surface area (Å²) in [4.78, 5) is 13.6. The lowest BCUT2D eigenvalue weighted by molar-refractivity contribution is -0.132. The van der Waals surface area contributed by atoms with Gasteiger partial charge in [-0.15, -0.1) is 0 Å². The first kappa shape index (κ1) is 12.5. The lowest BCUT2D eigenvalue weighted by Crippen LogP contribution is -2.35. The summed E-state index contributed by atoms with van der Waals surface area (Å²) >= 11 is 0. The van der Waals surface area contributed by atoms with E-state index < -0.39 is 0 Å². The molecule has 3 N–H and O–H groups in total. The van der Waals surface area contributed by atoms with Crippen LogP contribution in [-0.4, -0.2) is 41.7 Å². The first-order valence-electron chi connectivity index (χ1n) is 5.79. The second-order valence-electron chi connectivity index (χ2n) is 4.42. The van der Waals surface area contributed by atoms with Crippen molar-refractivity contribution in [2.24, 2.45) is 11.7 Å². The number of hydrogen-bond acceptors (Lipinski definition) is 3. The Morgan fingerprint density at radius 2 is 2.27 bits per heavy atom. The van der Waals surface area contributed by atoms with Gasteiger partial charge < -0.3 is 15.7 Å². The fraction of sp³-hybridized carbons (Fsp3) is 0.909. The van der Waals surface area contributed by atoms with Crippen molar-refractivity contribution in [1.82, 2.24) is 4.90 Å². The van der Waals surface area contributed by atoms with Crippen molar-refractivity contribution in [2.45, 2.75) is 38.6 Å². The Morgan fingerprint density at radius 1 is 1.60 bits per heavy atom. The molecule has 0 aliphatic heterocycles. The predicted molar refractivity (Wildman–Crippen MR) is 59.3 cm³/mol. The molecular formula is C11H22N2O2. The Bertz CT molecular complexity index is 205. The van der Waals surface area contributed by atoms with Crippen LogP contribution in [-0.2, 0) is 4.79 Å². The van der Waals surface area contributed by atoms with Gasteiger partial charge in [-0.05, 0) is 31.7 Å². The van der Waals surface area contributed by atoms with Crippen LogP contribution in [0.4, 0.5) is 0 Å². The average molecular weight is 214 g/mol. The SMILES string of the molecule is CC(CN)CCC(=O)N(CCO)C1CC1. The summed E-state index contributed by atoms with van der Waals surface area (Å²) in [6.07, 6.45) is 3.61. The molecule has 0 heterocycles. The van der Waals surface area contributed by atoms with Crippen LogP contribution in [0.15, 0.2) is 0 Å². The Balaban J connectivity index is 2.29. The fourth-order valence-corrected chi connectivity index (χ4v) is 1.64. The molecule has 1 amide bonds. The van der Waals surface area contributed by atoms with Gasteiger partial charge in [0.05, 0.1) is 6.61 Å². The maximum absolute atomic E-state index is 11.8. The first-order chi connectivity index (χ1) is 7.19. The van der Waals surface area contributed by atoms with Crippen molar-refractivity contribution < 1.29 is 9.90 Å². The average Bonchev–Trinajstić information content (AvgIpc) is 3.05. The number of amides is 1. The minimum atomic E-state index is 0.0642. The molecule has 1 rings (SSSR count). The molecule has 0 aromatic heterocycles. The van der Waals surface area contributed by atoms with Gasteiger partial charge in [-0.25, -0.2) is 0 Å². The predicted octanol–water partition coefficient (Wildman–Crippen LogP) is 0.345. The number of carbonyl (C=O) groups excluding carboxylic acids is 1. The van der Waals surface area contributed by atoms with E-state index in [0.717, 1.165) is 19.3 Å².